The average molecular weight is 502 g/mol. The maximum absolute atomic E-state index is 13.5. The zero-order valence-corrected chi connectivity index (χ0v) is 19.8. The zero-order valence-electron chi connectivity index (χ0n) is 19.8. The molecule has 1 aromatic carbocycles. The van der Waals surface area contributed by atoms with Crippen LogP contribution >= 0.6 is 0 Å². The number of ether oxygens (including phenoxy) is 5. The molecule has 12 heteroatoms. The van der Waals surface area contributed by atoms with Crippen LogP contribution < -0.4 is 14.4 Å². The maximum Gasteiger partial charge on any atom is 0.417 e. The molecule has 0 aromatic heterocycles. The number of esters is 2. The standard InChI is InChI=1S/C24H26N2O10/c1-32-20(29)24(31)14-5-6-23-17(27)13(36-19(23)28)9-25-8-7-22(14,18(23)25)11-3-4-12-16(35-10-34-12)15(11)26(24)21(30)33-2/h3-4,13-14,17-18,27,31H,5-10H2,1-2H3/t13-,14-,17+,18-,22+,23-,24-/m1/s1. The first-order chi connectivity index (χ1) is 17.3. The number of methoxy groups -OCH3 is 2. The first-order valence-corrected chi connectivity index (χ1v) is 12.0. The summed E-state index contributed by atoms with van der Waals surface area (Å²) in [5.41, 5.74) is -3.96. The van der Waals surface area contributed by atoms with Gasteiger partial charge >= 0.3 is 18.0 Å². The molecule has 5 aliphatic heterocycles. The van der Waals surface area contributed by atoms with E-state index >= 15 is 0 Å². The first kappa shape index (κ1) is 22.1. The Hall–Kier alpha value is -3.09. The van der Waals surface area contributed by atoms with Gasteiger partial charge in [-0.3, -0.25) is 9.69 Å². The normalized spacial score (nSPS) is 41.2. The third-order valence-corrected chi connectivity index (χ3v) is 9.46. The van der Waals surface area contributed by atoms with Crippen molar-refractivity contribution in [2.45, 2.75) is 48.7 Å². The molecule has 3 saturated heterocycles. The number of benzene rings is 1. The molecule has 2 spiro atoms. The van der Waals surface area contributed by atoms with E-state index in [0.717, 1.165) is 19.1 Å². The largest absolute Gasteiger partial charge is 0.465 e. The van der Waals surface area contributed by atoms with Gasteiger partial charge in [0, 0.05) is 23.9 Å². The summed E-state index contributed by atoms with van der Waals surface area (Å²) in [6, 6.07) is 2.94. The number of hydrogen-bond acceptors (Lipinski definition) is 11. The average Bonchev–Trinajstić information content (AvgIpc) is 3.54. The van der Waals surface area contributed by atoms with Crippen LogP contribution in [0.3, 0.4) is 0 Å². The molecule has 0 unspecified atom stereocenters. The number of amides is 1. The molecule has 1 aliphatic carbocycles. The summed E-state index contributed by atoms with van der Waals surface area (Å²) in [6.45, 7) is 0.775. The van der Waals surface area contributed by atoms with Gasteiger partial charge in [-0.1, -0.05) is 6.07 Å². The van der Waals surface area contributed by atoms with Crippen molar-refractivity contribution in [1.29, 1.82) is 0 Å². The van der Waals surface area contributed by atoms with Crippen LogP contribution in [-0.4, -0.2) is 91.2 Å². The molecule has 5 heterocycles. The van der Waals surface area contributed by atoms with Crippen LogP contribution in [0.2, 0.25) is 0 Å². The molecular weight excluding hydrogens is 476 g/mol. The van der Waals surface area contributed by atoms with Crippen LogP contribution in [0.15, 0.2) is 12.1 Å². The maximum atomic E-state index is 13.5. The second-order valence-electron chi connectivity index (χ2n) is 10.4. The van der Waals surface area contributed by atoms with E-state index in [9.17, 15) is 24.6 Å². The second kappa shape index (κ2) is 6.81. The number of carbonyl (C=O) groups excluding carboxylic acids is 3. The van der Waals surface area contributed by atoms with Crippen LogP contribution in [0.5, 0.6) is 11.5 Å². The third kappa shape index (κ3) is 2.13. The lowest BCUT2D eigenvalue weighted by molar-refractivity contribution is -0.189. The van der Waals surface area contributed by atoms with Crippen LogP contribution in [0.4, 0.5) is 10.5 Å². The number of carbonyl (C=O) groups is 3. The molecule has 1 saturated carbocycles. The predicted octanol–water partition coefficient (Wildman–Crippen LogP) is -0.128. The van der Waals surface area contributed by atoms with Crippen molar-refractivity contribution < 1.29 is 48.3 Å². The van der Waals surface area contributed by atoms with E-state index in [1.165, 1.54) is 0 Å². The monoisotopic (exact) mass is 502 g/mol. The number of aliphatic hydroxyl groups is 2. The smallest absolute Gasteiger partial charge is 0.417 e. The van der Waals surface area contributed by atoms with Gasteiger partial charge < -0.3 is 33.9 Å². The zero-order chi connectivity index (χ0) is 25.2. The van der Waals surface area contributed by atoms with Gasteiger partial charge in [0.1, 0.15) is 23.3 Å². The number of rotatable bonds is 1. The summed E-state index contributed by atoms with van der Waals surface area (Å²) < 4.78 is 27.1. The quantitative estimate of drug-likeness (QED) is 0.391. The van der Waals surface area contributed by atoms with Crippen molar-refractivity contribution in [3.63, 3.8) is 0 Å². The fraction of sp³-hybridized carbons (Fsp3) is 0.625. The van der Waals surface area contributed by atoms with Gasteiger partial charge in [0.25, 0.3) is 5.72 Å². The summed E-state index contributed by atoms with van der Waals surface area (Å²) in [5, 5.41) is 23.7. The highest BCUT2D eigenvalue weighted by atomic mass is 16.7. The van der Waals surface area contributed by atoms with Gasteiger partial charge in [0.05, 0.1) is 14.2 Å². The molecule has 12 nitrogen and oxygen atoms in total. The van der Waals surface area contributed by atoms with E-state index in [1.54, 1.807) is 12.1 Å². The van der Waals surface area contributed by atoms with Crippen molar-refractivity contribution >= 4 is 23.7 Å². The Kier molecular flexibility index (Phi) is 4.19. The lowest BCUT2D eigenvalue weighted by Gasteiger charge is -2.63. The topological polar surface area (TPSA) is 144 Å². The van der Waals surface area contributed by atoms with Crippen molar-refractivity contribution in [2.24, 2.45) is 11.3 Å². The van der Waals surface area contributed by atoms with Gasteiger partial charge in [-0.25, -0.2) is 14.5 Å². The highest BCUT2D eigenvalue weighted by Crippen LogP contribution is 2.70. The van der Waals surface area contributed by atoms with E-state index in [1.807, 2.05) is 0 Å². The molecule has 2 N–H and O–H groups in total. The van der Waals surface area contributed by atoms with E-state index in [0.29, 0.717) is 30.8 Å². The molecule has 6 aliphatic rings. The van der Waals surface area contributed by atoms with Gasteiger partial charge in [0.15, 0.2) is 11.5 Å². The molecule has 4 fully saturated rings. The van der Waals surface area contributed by atoms with Crippen LogP contribution in [-0.2, 0) is 29.2 Å². The van der Waals surface area contributed by atoms with Crippen molar-refractivity contribution in [2.75, 3.05) is 39.0 Å². The fourth-order valence-electron chi connectivity index (χ4n) is 8.32. The Labute approximate surface area is 205 Å². The highest BCUT2D eigenvalue weighted by molar-refractivity contribution is 6.02. The van der Waals surface area contributed by atoms with E-state index in [2.05, 4.69) is 4.90 Å². The summed E-state index contributed by atoms with van der Waals surface area (Å²) in [4.78, 5) is 43.1. The van der Waals surface area contributed by atoms with Crippen molar-refractivity contribution in [3.05, 3.63) is 17.7 Å². The Morgan fingerprint density at radius 3 is 2.69 bits per heavy atom. The molecule has 7 atom stereocenters. The van der Waals surface area contributed by atoms with Crippen molar-refractivity contribution in [1.82, 2.24) is 4.90 Å². The van der Waals surface area contributed by atoms with Crippen LogP contribution in [0.1, 0.15) is 24.8 Å². The minimum Gasteiger partial charge on any atom is -0.465 e. The Morgan fingerprint density at radius 2 is 1.94 bits per heavy atom. The molecule has 7 rings (SSSR count). The van der Waals surface area contributed by atoms with E-state index in [-0.39, 0.29) is 31.1 Å². The molecule has 1 aromatic rings. The number of aliphatic hydroxyl groups excluding tert-OH is 1. The minimum absolute atomic E-state index is 0.111. The molecule has 1 amide bonds. The van der Waals surface area contributed by atoms with Gasteiger partial charge in [0.2, 0.25) is 6.79 Å². The minimum atomic E-state index is -2.47. The Morgan fingerprint density at radius 1 is 1.14 bits per heavy atom. The first-order valence-electron chi connectivity index (χ1n) is 12.0. The van der Waals surface area contributed by atoms with E-state index < -0.39 is 58.8 Å². The molecular formula is C24H26N2O10. The van der Waals surface area contributed by atoms with Crippen LogP contribution in [0, 0.1) is 11.3 Å². The van der Waals surface area contributed by atoms with E-state index in [4.69, 9.17) is 23.7 Å². The van der Waals surface area contributed by atoms with Crippen molar-refractivity contribution in [3.8, 4) is 11.5 Å². The summed E-state index contributed by atoms with van der Waals surface area (Å²) in [6.07, 6.45) is -1.84. The molecule has 36 heavy (non-hydrogen) atoms. The van der Waals surface area contributed by atoms with Crippen LogP contribution in [0.25, 0.3) is 0 Å². The number of piperidine rings is 1. The predicted molar refractivity (Wildman–Crippen MR) is 117 cm³/mol. The van der Waals surface area contributed by atoms with Gasteiger partial charge in [-0.15, -0.1) is 0 Å². The lowest BCUT2D eigenvalue weighted by atomic mass is 9.46. The SMILES string of the molecule is COC(=O)N1c2c(ccc3c2OCO3)[C@@]23CCN4C[C@H]5OC(=O)[C@](CC[C@H]2[C@@]1(O)C(=O)OC)([C@H]5O)[C@H]43. The third-order valence-electron chi connectivity index (χ3n) is 9.46. The molecule has 0 radical (unpaired) electrons. The fourth-order valence-corrected chi connectivity index (χ4v) is 8.32. The Balaban J connectivity index is 1.57. The number of fused-ring (bicyclic) bond motifs is 4. The van der Waals surface area contributed by atoms with Gasteiger partial charge in [-0.05, 0) is 37.4 Å². The molecule has 2 bridgehead atoms. The number of hydrogen-bond donors (Lipinski definition) is 2. The highest BCUT2D eigenvalue weighted by Gasteiger charge is 2.80. The number of nitrogens with zero attached hydrogens (tertiary/aromatic N) is 2. The second-order valence-corrected chi connectivity index (χ2v) is 10.4. The lowest BCUT2D eigenvalue weighted by Crippen LogP contribution is -2.77. The molecule has 192 valence electrons. The number of anilines is 1. The van der Waals surface area contributed by atoms with Gasteiger partial charge in [-0.2, -0.15) is 0 Å². The summed E-state index contributed by atoms with van der Waals surface area (Å²) in [7, 11) is 2.30. The Bertz CT molecular complexity index is 1220. The summed E-state index contributed by atoms with van der Waals surface area (Å²) >= 11 is 0. The summed E-state index contributed by atoms with van der Waals surface area (Å²) in [5.74, 6) is -1.84.